The Morgan fingerprint density at radius 3 is 3.00 bits per heavy atom. The summed E-state index contributed by atoms with van der Waals surface area (Å²) in [7, 11) is 0. The third-order valence-electron chi connectivity index (χ3n) is 2.86. The van der Waals surface area contributed by atoms with Gasteiger partial charge < -0.3 is 20.5 Å². The number of benzene rings is 1. The minimum absolute atomic E-state index is 0.0870. The van der Waals surface area contributed by atoms with Crippen molar-refractivity contribution in [1.82, 2.24) is 0 Å². The summed E-state index contributed by atoms with van der Waals surface area (Å²) in [6.45, 7) is 1.33. The smallest absolute Gasteiger partial charge is 0.327 e. The lowest BCUT2D eigenvalue weighted by molar-refractivity contribution is -0.138. The summed E-state index contributed by atoms with van der Waals surface area (Å²) >= 11 is 0. The Labute approximate surface area is 99.8 Å². The van der Waals surface area contributed by atoms with Crippen molar-refractivity contribution in [3.63, 3.8) is 0 Å². The van der Waals surface area contributed by atoms with Gasteiger partial charge in [0.15, 0.2) is 0 Å². The van der Waals surface area contributed by atoms with E-state index in [4.69, 9.17) is 10.5 Å². The zero-order valence-electron chi connectivity index (χ0n) is 9.50. The number of carboxylic acids is 1. The Morgan fingerprint density at radius 2 is 2.29 bits per heavy atom. The van der Waals surface area contributed by atoms with E-state index in [9.17, 15) is 9.90 Å². The molecule has 0 radical (unpaired) electrons. The summed E-state index contributed by atoms with van der Waals surface area (Å²) < 4.78 is 5.58. The Bertz CT molecular complexity index is 408. The van der Waals surface area contributed by atoms with Crippen LogP contribution < -0.4 is 15.4 Å². The fourth-order valence-corrected chi connectivity index (χ4v) is 2.04. The molecule has 1 aromatic rings. The molecule has 0 aromatic heterocycles. The van der Waals surface area contributed by atoms with Gasteiger partial charge in [-0.05, 0) is 18.6 Å². The molecule has 2 rings (SSSR count). The number of hydrogen-bond donors (Lipinski definition) is 2. The van der Waals surface area contributed by atoms with Gasteiger partial charge >= 0.3 is 5.97 Å². The van der Waals surface area contributed by atoms with E-state index < -0.39 is 12.0 Å². The monoisotopic (exact) mass is 236 g/mol. The standard InChI is InChI=1S/C12H16N2O3/c13-8-10(12(15)16)14-6-3-7-17-11-5-2-1-4-9(11)14/h1-2,4-5,10H,3,6-8,13H2,(H,15,16). The average Bonchev–Trinajstić information content (AvgIpc) is 2.53. The van der Waals surface area contributed by atoms with Crippen LogP contribution in [0.2, 0.25) is 0 Å². The van der Waals surface area contributed by atoms with E-state index in [1.807, 2.05) is 29.2 Å². The summed E-state index contributed by atoms with van der Waals surface area (Å²) in [5.74, 6) is -0.172. The maximum atomic E-state index is 11.2. The number of aliphatic carboxylic acids is 1. The predicted octanol–water partition coefficient (Wildman–Crippen LogP) is 0.687. The topological polar surface area (TPSA) is 75.8 Å². The number of fused-ring (bicyclic) bond motifs is 1. The van der Waals surface area contributed by atoms with E-state index in [2.05, 4.69) is 0 Å². The first-order valence-corrected chi connectivity index (χ1v) is 5.65. The summed E-state index contributed by atoms with van der Waals surface area (Å²) in [6.07, 6.45) is 0.790. The molecule has 5 heteroatoms. The second-order valence-corrected chi connectivity index (χ2v) is 3.95. The second kappa shape index (κ2) is 5.05. The highest BCUT2D eigenvalue weighted by Gasteiger charge is 2.27. The van der Waals surface area contributed by atoms with Gasteiger partial charge in [-0.1, -0.05) is 12.1 Å². The molecule has 0 fully saturated rings. The van der Waals surface area contributed by atoms with Crippen molar-refractivity contribution in [3.8, 4) is 5.75 Å². The van der Waals surface area contributed by atoms with E-state index in [-0.39, 0.29) is 6.54 Å². The van der Waals surface area contributed by atoms with E-state index in [0.717, 1.165) is 17.9 Å². The van der Waals surface area contributed by atoms with Crippen LogP contribution in [0.15, 0.2) is 24.3 Å². The molecule has 0 aliphatic carbocycles. The van der Waals surface area contributed by atoms with Gasteiger partial charge in [0.25, 0.3) is 0 Å². The highest BCUT2D eigenvalue weighted by Crippen LogP contribution is 2.31. The lowest BCUT2D eigenvalue weighted by Gasteiger charge is -2.29. The summed E-state index contributed by atoms with van der Waals surface area (Å²) in [6, 6.07) is 6.77. The molecular formula is C12H16N2O3. The molecule has 1 aliphatic heterocycles. The van der Waals surface area contributed by atoms with Gasteiger partial charge in [0.2, 0.25) is 0 Å². The van der Waals surface area contributed by atoms with Gasteiger partial charge in [0.05, 0.1) is 12.3 Å². The van der Waals surface area contributed by atoms with Crippen molar-refractivity contribution in [2.75, 3.05) is 24.6 Å². The highest BCUT2D eigenvalue weighted by atomic mass is 16.5. The summed E-state index contributed by atoms with van der Waals surface area (Å²) in [4.78, 5) is 13.0. The van der Waals surface area contributed by atoms with Gasteiger partial charge in [-0.2, -0.15) is 0 Å². The number of ether oxygens (including phenoxy) is 1. The molecule has 92 valence electrons. The first kappa shape index (κ1) is 11.7. The van der Waals surface area contributed by atoms with Crippen LogP contribution in [0.4, 0.5) is 5.69 Å². The van der Waals surface area contributed by atoms with Gasteiger partial charge in [0, 0.05) is 13.1 Å². The molecule has 0 saturated carbocycles. The number of carbonyl (C=O) groups is 1. The van der Waals surface area contributed by atoms with Crippen molar-refractivity contribution in [3.05, 3.63) is 24.3 Å². The van der Waals surface area contributed by atoms with Gasteiger partial charge in [-0.15, -0.1) is 0 Å². The van der Waals surface area contributed by atoms with Crippen LogP contribution in [-0.2, 0) is 4.79 Å². The maximum absolute atomic E-state index is 11.2. The van der Waals surface area contributed by atoms with Gasteiger partial charge in [-0.25, -0.2) is 4.79 Å². The molecule has 5 nitrogen and oxygen atoms in total. The summed E-state index contributed by atoms with van der Waals surface area (Å²) in [5, 5.41) is 9.18. The molecular weight excluding hydrogens is 220 g/mol. The maximum Gasteiger partial charge on any atom is 0.327 e. The number of para-hydroxylation sites is 2. The van der Waals surface area contributed by atoms with Crippen molar-refractivity contribution in [2.45, 2.75) is 12.5 Å². The molecule has 1 aromatic carbocycles. The zero-order valence-corrected chi connectivity index (χ0v) is 9.50. The SMILES string of the molecule is NCC(C(=O)O)N1CCCOc2ccccc21. The van der Waals surface area contributed by atoms with E-state index in [0.29, 0.717) is 13.2 Å². The molecule has 0 bridgehead atoms. The molecule has 1 aliphatic rings. The number of hydrogen-bond acceptors (Lipinski definition) is 4. The summed E-state index contributed by atoms with van der Waals surface area (Å²) in [5.41, 5.74) is 6.36. The Morgan fingerprint density at radius 1 is 1.53 bits per heavy atom. The number of nitrogens with zero attached hydrogens (tertiary/aromatic N) is 1. The molecule has 1 atom stereocenters. The van der Waals surface area contributed by atoms with Gasteiger partial charge in [0.1, 0.15) is 11.8 Å². The lowest BCUT2D eigenvalue weighted by Crippen LogP contribution is -2.46. The molecule has 1 heterocycles. The van der Waals surface area contributed by atoms with Crippen LogP contribution >= 0.6 is 0 Å². The first-order chi connectivity index (χ1) is 8.24. The number of rotatable bonds is 3. The van der Waals surface area contributed by atoms with Crippen molar-refractivity contribution >= 4 is 11.7 Å². The third kappa shape index (κ3) is 2.34. The van der Waals surface area contributed by atoms with E-state index >= 15 is 0 Å². The number of nitrogens with two attached hydrogens (primary N) is 1. The van der Waals surface area contributed by atoms with E-state index in [1.165, 1.54) is 0 Å². The molecule has 0 spiro atoms. The third-order valence-corrected chi connectivity index (χ3v) is 2.86. The number of anilines is 1. The fraction of sp³-hybridized carbons (Fsp3) is 0.417. The Balaban J connectivity index is 2.37. The highest BCUT2D eigenvalue weighted by molar-refractivity contribution is 5.79. The number of carboxylic acid groups (broad SMARTS) is 1. The van der Waals surface area contributed by atoms with E-state index in [1.54, 1.807) is 0 Å². The Hall–Kier alpha value is -1.75. The largest absolute Gasteiger partial charge is 0.491 e. The normalized spacial score (nSPS) is 16.6. The lowest BCUT2D eigenvalue weighted by atomic mass is 10.2. The van der Waals surface area contributed by atoms with Gasteiger partial charge in [-0.3, -0.25) is 0 Å². The molecule has 17 heavy (non-hydrogen) atoms. The van der Waals surface area contributed by atoms with Crippen LogP contribution in [0.5, 0.6) is 5.75 Å². The van der Waals surface area contributed by atoms with Crippen molar-refractivity contribution < 1.29 is 14.6 Å². The van der Waals surface area contributed by atoms with Crippen LogP contribution in [-0.4, -0.2) is 36.8 Å². The van der Waals surface area contributed by atoms with Crippen molar-refractivity contribution in [1.29, 1.82) is 0 Å². The van der Waals surface area contributed by atoms with Crippen LogP contribution in [0, 0.1) is 0 Å². The quantitative estimate of drug-likeness (QED) is 0.807. The Kier molecular flexibility index (Phi) is 3.49. The van der Waals surface area contributed by atoms with Crippen LogP contribution in [0.3, 0.4) is 0 Å². The first-order valence-electron chi connectivity index (χ1n) is 5.65. The van der Waals surface area contributed by atoms with Crippen LogP contribution in [0.25, 0.3) is 0 Å². The fourth-order valence-electron chi connectivity index (χ4n) is 2.04. The minimum Gasteiger partial charge on any atom is -0.491 e. The molecule has 0 saturated heterocycles. The molecule has 3 N–H and O–H groups in total. The predicted molar refractivity (Wildman–Crippen MR) is 64.4 cm³/mol. The van der Waals surface area contributed by atoms with Crippen molar-refractivity contribution in [2.24, 2.45) is 5.73 Å². The zero-order chi connectivity index (χ0) is 12.3. The minimum atomic E-state index is -0.899. The average molecular weight is 236 g/mol. The molecule has 1 unspecified atom stereocenters. The van der Waals surface area contributed by atoms with Crippen LogP contribution in [0.1, 0.15) is 6.42 Å². The molecule has 0 amide bonds. The second-order valence-electron chi connectivity index (χ2n) is 3.95.